The van der Waals surface area contributed by atoms with Gasteiger partial charge in [-0.2, -0.15) is 5.10 Å². The second-order valence-corrected chi connectivity index (χ2v) is 5.36. The minimum absolute atomic E-state index is 0.354. The molecule has 0 unspecified atom stereocenters. The van der Waals surface area contributed by atoms with Crippen molar-refractivity contribution in [2.24, 2.45) is 0 Å². The molecule has 8 heteroatoms. The first-order valence-electron chi connectivity index (χ1n) is 6.87. The molecule has 0 radical (unpaired) electrons. The molecule has 0 aromatic carbocycles. The molecule has 0 amide bonds. The molecular formula is C15H13ClF2N4O. The molecule has 0 bridgehead atoms. The fraction of sp³-hybridized carbons (Fsp3) is 0.267. The van der Waals surface area contributed by atoms with Crippen molar-refractivity contribution < 1.29 is 13.5 Å². The van der Waals surface area contributed by atoms with Gasteiger partial charge in [0.05, 0.1) is 29.3 Å². The van der Waals surface area contributed by atoms with Gasteiger partial charge in [0.1, 0.15) is 17.5 Å². The first-order valence-corrected chi connectivity index (χ1v) is 7.25. The van der Waals surface area contributed by atoms with Gasteiger partial charge in [-0.05, 0) is 24.6 Å². The van der Waals surface area contributed by atoms with Crippen LogP contribution in [0.3, 0.4) is 0 Å². The molecule has 3 rings (SSSR count). The molecule has 3 aromatic rings. The topological polar surface area (TPSA) is 52.8 Å². The lowest BCUT2D eigenvalue weighted by Crippen LogP contribution is -2.09. The lowest BCUT2D eigenvalue weighted by atomic mass is 10.2. The minimum Gasteiger partial charge on any atom is -0.486 e. The quantitative estimate of drug-likeness (QED) is 0.668. The summed E-state index contributed by atoms with van der Waals surface area (Å²) in [5.41, 5.74) is 2.23. The standard InChI is InChI=1S/C15H13ClF2N4O/c1-9-4-10(20-5-13(9)23-8-14(17)18)6-22-7-11-12(21-22)2-3-19-15(11)16/h2-5,7,14H,6,8H2,1H3. The Morgan fingerprint density at radius 3 is 2.87 bits per heavy atom. The highest BCUT2D eigenvalue weighted by atomic mass is 35.5. The van der Waals surface area contributed by atoms with E-state index < -0.39 is 13.0 Å². The van der Waals surface area contributed by atoms with Crippen molar-refractivity contribution in [1.82, 2.24) is 19.7 Å². The van der Waals surface area contributed by atoms with E-state index >= 15 is 0 Å². The maximum absolute atomic E-state index is 12.2. The summed E-state index contributed by atoms with van der Waals surface area (Å²) in [6.07, 6.45) is 2.33. The van der Waals surface area contributed by atoms with Crippen molar-refractivity contribution >= 4 is 22.5 Å². The minimum atomic E-state index is -2.51. The molecule has 0 saturated heterocycles. The summed E-state index contributed by atoms with van der Waals surface area (Å²) in [4.78, 5) is 8.23. The highest BCUT2D eigenvalue weighted by Gasteiger charge is 2.09. The number of halogens is 3. The molecule has 0 atom stereocenters. The maximum Gasteiger partial charge on any atom is 0.272 e. The number of hydrogen-bond acceptors (Lipinski definition) is 4. The van der Waals surface area contributed by atoms with Crippen LogP contribution in [0.4, 0.5) is 8.78 Å². The van der Waals surface area contributed by atoms with Crippen molar-refractivity contribution in [2.45, 2.75) is 19.9 Å². The number of nitrogens with zero attached hydrogens (tertiary/aromatic N) is 4. The molecule has 0 aliphatic heterocycles. The van der Waals surface area contributed by atoms with Crippen LogP contribution < -0.4 is 4.74 Å². The van der Waals surface area contributed by atoms with E-state index in [4.69, 9.17) is 16.3 Å². The molecular weight excluding hydrogens is 326 g/mol. The lowest BCUT2D eigenvalue weighted by Gasteiger charge is -2.09. The zero-order chi connectivity index (χ0) is 16.4. The monoisotopic (exact) mass is 338 g/mol. The van der Waals surface area contributed by atoms with Gasteiger partial charge in [-0.15, -0.1) is 0 Å². The number of rotatable bonds is 5. The third-order valence-electron chi connectivity index (χ3n) is 3.24. The van der Waals surface area contributed by atoms with Gasteiger partial charge in [-0.1, -0.05) is 11.6 Å². The Bertz CT molecular complexity index is 837. The van der Waals surface area contributed by atoms with Crippen molar-refractivity contribution in [3.05, 3.63) is 47.1 Å². The van der Waals surface area contributed by atoms with Crippen molar-refractivity contribution in [3.8, 4) is 5.75 Å². The largest absolute Gasteiger partial charge is 0.486 e. The summed E-state index contributed by atoms with van der Waals surface area (Å²) in [7, 11) is 0. The fourth-order valence-electron chi connectivity index (χ4n) is 2.20. The zero-order valence-corrected chi connectivity index (χ0v) is 13.0. The Labute approximate surface area is 135 Å². The van der Waals surface area contributed by atoms with Gasteiger partial charge in [0.25, 0.3) is 6.43 Å². The Balaban J connectivity index is 1.79. The van der Waals surface area contributed by atoms with E-state index in [9.17, 15) is 8.78 Å². The van der Waals surface area contributed by atoms with Gasteiger partial charge in [0.2, 0.25) is 0 Å². The first kappa shape index (κ1) is 15.6. The normalized spacial score (nSPS) is 11.3. The number of hydrogen-bond donors (Lipinski definition) is 0. The van der Waals surface area contributed by atoms with Gasteiger partial charge in [-0.25, -0.2) is 13.8 Å². The van der Waals surface area contributed by atoms with E-state index in [1.807, 2.05) is 0 Å². The summed E-state index contributed by atoms with van der Waals surface area (Å²) in [6, 6.07) is 3.56. The Morgan fingerprint density at radius 1 is 1.35 bits per heavy atom. The number of alkyl halides is 2. The number of aryl methyl sites for hydroxylation is 1. The number of ether oxygens (including phenoxy) is 1. The van der Waals surface area contributed by atoms with Crippen LogP contribution in [0.5, 0.6) is 5.75 Å². The third kappa shape index (κ3) is 3.56. The first-order chi connectivity index (χ1) is 11.0. The smallest absolute Gasteiger partial charge is 0.272 e. The molecule has 0 saturated carbocycles. The van der Waals surface area contributed by atoms with Crippen molar-refractivity contribution in [3.63, 3.8) is 0 Å². The van der Waals surface area contributed by atoms with Crippen LogP contribution in [0.2, 0.25) is 5.15 Å². The predicted octanol–water partition coefficient (Wildman–Crippen LogP) is 3.48. The molecule has 23 heavy (non-hydrogen) atoms. The molecule has 3 aromatic heterocycles. The molecule has 0 aliphatic rings. The van der Waals surface area contributed by atoms with Crippen LogP contribution in [-0.4, -0.2) is 32.8 Å². The van der Waals surface area contributed by atoms with E-state index in [2.05, 4.69) is 15.1 Å². The van der Waals surface area contributed by atoms with Gasteiger partial charge >= 0.3 is 0 Å². The molecule has 0 N–H and O–H groups in total. The summed E-state index contributed by atoms with van der Waals surface area (Å²) >= 11 is 6.02. The Hall–Kier alpha value is -2.28. The number of aromatic nitrogens is 4. The number of pyridine rings is 2. The molecule has 0 spiro atoms. The zero-order valence-electron chi connectivity index (χ0n) is 12.2. The summed E-state index contributed by atoms with van der Waals surface area (Å²) in [5.74, 6) is 0.354. The van der Waals surface area contributed by atoms with Crippen LogP contribution in [0.25, 0.3) is 10.9 Å². The molecule has 5 nitrogen and oxygen atoms in total. The van der Waals surface area contributed by atoms with Crippen LogP contribution >= 0.6 is 11.6 Å². The van der Waals surface area contributed by atoms with Crippen molar-refractivity contribution in [2.75, 3.05) is 6.61 Å². The molecule has 0 fully saturated rings. The van der Waals surface area contributed by atoms with E-state index in [1.54, 1.807) is 36.1 Å². The van der Waals surface area contributed by atoms with Gasteiger partial charge in [0.15, 0.2) is 0 Å². The average molecular weight is 339 g/mol. The maximum atomic E-state index is 12.2. The molecule has 3 heterocycles. The summed E-state index contributed by atoms with van der Waals surface area (Å²) < 4.78 is 31.1. The van der Waals surface area contributed by atoms with E-state index in [-0.39, 0.29) is 0 Å². The van der Waals surface area contributed by atoms with Gasteiger partial charge < -0.3 is 4.74 Å². The molecule has 0 aliphatic carbocycles. The molecule has 120 valence electrons. The van der Waals surface area contributed by atoms with Crippen LogP contribution in [0, 0.1) is 6.92 Å². The lowest BCUT2D eigenvalue weighted by molar-refractivity contribution is 0.0814. The van der Waals surface area contributed by atoms with Crippen LogP contribution in [0.15, 0.2) is 30.7 Å². The van der Waals surface area contributed by atoms with Gasteiger partial charge in [-0.3, -0.25) is 9.67 Å². The average Bonchev–Trinajstić information content (AvgIpc) is 2.90. The Morgan fingerprint density at radius 2 is 2.17 bits per heavy atom. The predicted molar refractivity (Wildman–Crippen MR) is 82.1 cm³/mol. The van der Waals surface area contributed by atoms with Crippen LogP contribution in [-0.2, 0) is 6.54 Å². The SMILES string of the molecule is Cc1cc(Cn2cc3c(Cl)nccc3n2)ncc1OCC(F)F. The van der Waals surface area contributed by atoms with E-state index in [0.717, 1.165) is 22.2 Å². The van der Waals surface area contributed by atoms with Crippen molar-refractivity contribution in [1.29, 1.82) is 0 Å². The number of fused-ring (bicyclic) bond motifs is 1. The second kappa shape index (κ2) is 6.45. The Kier molecular flexibility index (Phi) is 4.38. The second-order valence-electron chi connectivity index (χ2n) is 5.00. The van der Waals surface area contributed by atoms with E-state index in [1.165, 1.54) is 6.20 Å². The summed E-state index contributed by atoms with van der Waals surface area (Å²) in [5, 5.41) is 5.57. The van der Waals surface area contributed by atoms with Crippen LogP contribution in [0.1, 0.15) is 11.3 Å². The van der Waals surface area contributed by atoms with Gasteiger partial charge in [0, 0.05) is 12.4 Å². The third-order valence-corrected chi connectivity index (χ3v) is 3.54. The highest BCUT2D eigenvalue weighted by molar-refractivity contribution is 6.34. The summed E-state index contributed by atoms with van der Waals surface area (Å²) in [6.45, 7) is 1.57. The highest BCUT2D eigenvalue weighted by Crippen LogP contribution is 2.21. The fourth-order valence-corrected chi connectivity index (χ4v) is 2.40. The van der Waals surface area contributed by atoms with E-state index in [0.29, 0.717) is 17.4 Å².